The molecule has 0 saturated carbocycles. The Kier molecular flexibility index (Phi) is 3.86. The van der Waals surface area contributed by atoms with Gasteiger partial charge in [0.05, 0.1) is 17.6 Å². The molecule has 1 saturated heterocycles. The Morgan fingerprint density at radius 3 is 2.94 bits per heavy atom. The van der Waals surface area contributed by atoms with Crippen molar-refractivity contribution in [1.82, 2.24) is 5.32 Å². The van der Waals surface area contributed by atoms with Gasteiger partial charge in [0.2, 0.25) is 5.91 Å². The van der Waals surface area contributed by atoms with Crippen molar-refractivity contribution in [3.63, 3.8) is 0 Å². The first kappa shape index (κ1) is 12.6. The van der Waals surface area contributed by atoms with E-state index in [2.05, 4.69) is 12.2 Å². The van der Waals surface area contributed by atoms with E-state index in [1.807, 2.05) is 12.1 Å². The highest BCUT2D eigenvalue weighted by Gasteiger charge is 2.33. The fourth-order valence-corrected chi connectivity index (χ4v) is 2.45. The highest BCUT2D eigenvalue weighted by atomic mass is 35.5. The standard InChI is InChI=1S/C12H14ClNO2S/c1-12(7-16-8-12)6-14-11(15)5-3-9-2-4-10(13)17-9/h2-5H,6-8H2,1H3,(H,14,15). The molecule has 0 unspecified atom stereocenters. The summed E-state index contributed by atoms with van der Waals surface area (Å²) in [5.74, 6) is -0.0809. The fraction of sp³-hybridized carbons (Fsp3) is 0.417. The van der Waals surface area contributed by atoms with Gasteiger partial charge in [-0.3, -0.25) is 4.79 Å². The lowest BCUT2D eigenvalue weighted by Gasteiger charge is -2.37. The van der Waals surface area contributed by atoms with Gasteiger partial charge in [-0.1, -0.05) is 18.5 Å². The molecular formula is C12H14ClNO2S. The molecule has 5 heteroatoms. The molecule has 2 rings (SSSR count). The van der Waals surface area contributed by atoms with Crippen LogP contribution in [0.3, 0.4) is 0 Å². The summed E-state index contributed by atoms with van der Waals surface area (Å²) in [6.45, 7) is 4.19. The number of carbonyl (C=O) groups is 1. The van der Waals surface area contributed by atoms with Crippen LogP contribution in [0.2, 0.25) is 4.34 Å². The van der Waals surface area contributed by atoms with Crippen LogP contribution >= 0.6 is 22.9 Å². The summed E-state index contributed by atoms with van der Waals surface area (Å²) < 4.78 is 5.85. The highest BCUT2D eigenvalue weighted by Crippen LogP contribution is 2.25. The third-order valence-electron chi connectivity index (χ3n) is 2.58. The van der Waals surface area contributed by atoms with Crippen molar-refractivity contribution < 1.29 is 9.53 Å². The van der Waals surface area contributed by atoms with Crippen LogP contribution in [0.15, 0.2) is 18.2 Å². The van der Waals surface area contributed by atoms with Crippen LogP contribution in [0, 0.1) is 5.41 Å². The quantitative estimate of drug-likeness (QED) is 0.855. The second-order valence-electron chi connectivity index (χ2n) is 4.50. The molecule has 2 heterocycles. The van der Waals surface area contributed by atoms with Crippen LogP contribution in [0.1, 0.15) is 11.8 Å². The minimum atomic E-state index is -0.0809. The van der Waals surface area contributed by atoms with Crippen molar-refractivity contribution in [3.8, 4) is 0 Å². The van der Waals surface area contributed by atoms with E-state index in [9.17, 15) is 4.79 Å². The van der Waals surface area contributed by atoms with E-state index in [4.69, 9.17) is 16.3 Å². The molecule has 1 aliphatic heterocycles. The van der Waals surface area contributed by atoms with Crippen LogP contribution in [-0.2, 0) is 9.53 Å². The van der Waals surface area contributed by atoms with Crippen LogP contribution in [-0.4, -0.2) is 25.7 Å². The zero-order valence-electron chi connectivity index (χ0n) is 9.53. The van der Waals surface area contributed by atoms with Crippen molar-refractivity contribution >= 4 is 34.9 Å². The second kappa shape index (κ2) is 5.21. The maximum atomic E-state index is 11.5. The van der Waals surface area contributed by atoms with E-state index in [0.717, 1.165) is 22.4 Å². The molecule has 0 spiro atoms. The van der Waals surface area contributed by atoms with Crippen molar-refractivity contribution in [1.29, 1.82) is 0 Å². The first-order valence-corrected chi connectivity index (χ1v) is 6.56. The Balaban J connectivity index is 1.79. The van der Waals surface area contributed by atoms with Gasteiger partial charge in [0.25, 0.3) is 0 Å². The summed E-state index contributed by atoms with van der Waals surface area (Å²) in [5.41, 5.74) is 0.107. The Morgan fingerprint density at radius 2 is 2.41 bits per heavy atom. The molecule has 0 radical (unpaired) electrons. The molecule has 0 bridgehead atoms. The first-order chi connectivity index (χ1) is 8.07. The zero-order valence-corrected chi connectivity index (χ0v) is 11.1. The number of amides is 1. The van der Waals surface area contributed by atoms with Gasteiger partial charge in [-0.05, 0) is 18.2 Å². The van der Waals surface area contributed by atoms with Crippen LogP contribution in [0.25, 0.3) is 6.08 Å². The predicted octanol–water partition coefficient (Wildman–Crippen LogP) is 2.57. The smallest absolute Gasteiger partial charge is 0.244 e. The van der Waals surface area contributed by atoms with Gasteiger partial charge in [-0.25, -0.2) is 0 Å². The molecule has 1 amide bonds. The van der Waals surface area contributed by atoms with Gasteiger partial charge < -0.3 is 10.1 Å². The maximum Gasteiger partial charge on any atom is 0.244 e. The summed E-state index contributed by atoms with van der Waals surface area (Å²) in [4.78, 5) is 12.5. The minimum Gasteiger partial charge on any atom is -0.380 e. The van der Waals surface area contributed by atoms with Crippen LogP contribution in [0.5, 0.6) is 0 Å². The predicted molar refractivity (Wildman–Crippen MR) is 70.3 cm³/mol. The van der Waals surface area contributed by atoms with Crippen LogP contribution in [0.4, 0.5) is 0 Å². The molecule has 1 aromatic rings. The molecule has 1 fully saturated rings. The van der Waals surface area contributed by atoms with E-state index in [1.165, 1.54) is 17.4 Å². The molecule has 17 heavy (non-hydrogen) atoms. The number of carbonyl (C=O) groups excluding carboxylic acids is 1. The number of nitrogens with one attached hydrogen (secondary N) is 1. The molecule has 0 aromatic carbocycles. The molecular weight excluding hydrogens is 258 g/mol. The Hall–Kier alpha value is -0.840. The number of rotatable bonds is 4. The number of halogens is 1. The number of hydrogen-bond donors (Lipinski definition) is 1. The Bertz CT molecular complexity index is 437. The number of ether oxygens (including phenoxy) is 1. The van der Waals surface area contributed by atoms with E-state index in [1.54, 1.807) is 6.08 Å². The molecule has 1 aliphatic rings. The third-order valence-corrected chi connectivity index (χ3v) is 3.78. The summed E-state index contributed by atoms with van der Waals surface area (Å²) in [6, 6.07) is 3.70. The topological polar surface area (TPSA) is 38.3 Å². The SMILES string of the molecule is CC1(CNC(=O)C=Cc2ccc(Cl)s2)COC1. The van der Waals surface area contributed by atoms with Gasteiger partial charge in [0.1, 0.15) is 0 Å². The molecule has 0 aliphatic carbocycles. The summed E-state index contributed by atoms with van der Waals surface area (Å²) in [6.07, 6.45) is 3.30. The monoisotopic (exact) mass is 271 g/mol. The molecule has 1 N–H and O–H groups in total. The normalized spacial score (nSPS) is 18.0. The Labute approximate surface area is 109 Å². The van der Waals surface area contributed by atoms with Gasteiger partial charge in [0.15, 0.2) is 0 Å². The Morgan fingerprint density at radius 1 is 1.65 bits per heavy atom. The minimum absolute atomic E-state index is 0.0809. The molecule has 3 nitrogen and oxygen atoms in total. The van der Waals surface area contributed by atoms with Crippen molar-refractivity contribution in [2.75, 3.05) is 19.8 Å². The van der Waals surface area contributed by atoms with E-state index >= 15 is 0 Å². The maximum absolute atomic E-state index is 11.5. The van der Waals surface area contributed by atoms with Crippen molar-refractivity contribution in [2.45, 2.75) is 6.92 Å². The fourth-order valence-electron chi connectivity index (χ4n) is 1.49. The number of hydrogen-bond acceptors (Lipinski definition) is 3. The summed E-state index contributed by atoms with van der Waals surface area (Å²) in [5, 5.41) is 2.87. The van der Waals surface area contributed by atoms with Crippen LogP contribution < -0.4 is 5.32 Å². The lowest BCUT2D eigenvalue weighted by molar-refractivity contribution is -0.122. The largest absolute Gasteiger partial charge is 0.380 e. The highest BCUT2D eigenvalue weighted by molar-refractivity contribution is 7.17. The third kappa shape index (κ3) is 3.56. The molecule has 0 atom stereocenters. The molecule has 92 valence electrons. The zero-order chi connectivity index (χ0) is 12.3. The van der Waals surface area contributed by atoms with Gasteiger partial charge in [-0.15, -0.1) is 11.3 Å². The van der Waals surface area contributed by atoms with Crippen molar-refractivity contribution in [3.05, 3.63) is 27.4 Å². The van der Waals surface area contributed by atoms with E-state index < -0.39 is 0 Å². The molecule has 1 aromatic heterocycles. The lowest BCUT2D eigenvalue weighted by atomic mass is 9.89. The van der Waals surface area contributed by atoms with Gasteiger partial charge in [-0.2, -0.15) is 0 Å². The van der Waals surface area contributed by atoms with Gasteiger partial charge in [0, 0.05) is 22.9 Å². The van der Waals surface area contributed by atoms with E-state index in [0.29, 0.717) is 6.54 Å². The average molecular weight is 272 g/mol. The second-order valence-corrected chi connectivity index (χ2v) is 6.24. The summed E-state index contributed by atoms with van der Waals surface area (Å²) in [7, 11) is 0. The van der Waals surface area contributed by atoms with Crippen molar-refractivity contribution in [2.24, 2.45) is 5.41 Å². The first-order valence-electron chi connectivity index (χ1n) is 5.36. The average Bonchev–Trinajstić information content (AvgIpc) is 2.67. The van der Waals surface area contributed by atoms with E-state index in [-0.39, 0.29) is 11.3 Å². The number of thiophene rings is 1. The summed E-state index contributed by atoms with van der Waals surface area (Å²) >= 11 is 7.24. The lowest BCUT2D eigenvalue weighted by Crippen LogP contribution is -2.48. The van der Waals surface area contributed by atoms with Gasteiger partial charge >= 0.3 is 0 Å².